The molecule has 0 aliphatic rings. The SMILES string of the molecule is CC(C)[C@@H](O)[C@@H](C)/C=C\OC(=O)N(C(C)C)C(C)C. The molecule has 4 nitrogen and oxygen atoms in total. The zero-order valence-corrected chi connectivity index (χ0v) is 13.3. The van der Waals surface area contributed by atoms with Crippen LogP contribution in [-0.2, 0) is 4.74 Å². The van der Waals surface area contributed by atoms with E-state index in [2.05, 4.69) is 0 Å². The van der Waals surface area contributed by atoms with E-state index < -0.39 is 6.10 Å². The van der Waals surface area contributed by atoms with Crippen molar-refractivity contribution in [2.75, 3.05) is 0 Å². The average Bonchev–Trinajstić information content (AvgIpc) is 2.26. The standard InChI is InChI=1S/C15H29NO3/c1-10(2)14(17)13(7)8-9-19-15(18)16(11(3)4)12(5)6/h8-14,17H,1-7H3/b9-8-/t13-,14+/m0/s1. The molecule has 0 aromatic heterocycles. The minimum absolute atomic E-state index is 0.0423. The number of hydrogen-bond acceptors (Lipinski definition) is 3. The smallest absolute Gasteiger partial charge is 0.415 e. The molecule has 0 rings (SSSR count). The monoisotopic (exact) mass is 271 g/mol. The molecule has 0 radical (unpaired) electrons. The minimum atomic E-state index is -0.429. The third-order valence-corrected chi connectivity index (χ3v) is 3.10. The van der Waals surface area contributed by atoms with Gasteiger partial charge in [-0.3, -0.25) is 0 Å². The number of rotatable bonds is 6. The fourth-order valence-corrected chi connectivity index (χ4v) is 2.02. The predicted octanol–water partition coefficient (Wildman–Crippen LogP) is 3.41. The van der Waals surface area contributed by atoms with Crippen molar-refractivity contribution in [2.24, 2.45) is 11.8 Å². The molecular weight excluding hydrogens is 242 g/mol. The molecule has 0 spiro atoms. The molecule has 4 heteroatoms. The van der Waals surface area contributed by atoms with Crippen LogP contribution in [0.15, 0.2) is 12.3 Å². The summed E-state index contributed by atoms with van der Waals surface area (Å²) in [5.74, 6) is 0.137. The van der Waals surface area contributed by atoms with E-state index in [4.69, 9.17) is 4.74 Å². The van der Waals surface area contributed by atoms with E-state index in [1.807, 2.05) is 48.5 Å². The first-order valence-corrected chi connectivity index (χ1v) is 7.02. The van der Waals surface area contributed by atoms with E-state index in [1.165, 1.54) is 6.26 Å². The Bertz CT molecular complexity index is 290. The van der Waals surface area contributed by atoms with Crippen LogP contribution < -0.4 is 0 Å². The van der Waals surface area contributed by atoms with Gasteiger partial charge in [-0.2, -0.15) is 0 Å². The summed E-state index contributed by atoms with van der Waals surface area (Å²) in [7, 11) is 0. The summed E-state index contributed by atoms with van der Waals surface area (Å²) < 4.78 is 5.12. The molecular formula is C15H29NO3. The zero-order chi connectivity index (χ0) is 15.2. The van der Waals surface area contributed by atoms with Gasteiger partial charge in [-0.15, -0.1) is 0 Å². The largest absolute Gasteiger partial charge is 0.418 e. The second kappa shape index (κ2) is 8.20. The maximum Gasteiger partial charge on any atom is 0.415 e. The summed E-state index contributed by atoms with van der Waals surface area (Å²) in [6.45, 7) is 13.6. The van der Waals surface area contributed by atoms with Crippen LogP contribution in [0.3, 0.4) is 0 Å². The molecule has 0 heterocycles. The van der Waals surface area contributed by atoms with Crippen LogP contribution in [-0.4, -0.2) is 34.3 Å². The molecule has 0 saturated heterocycles. The molecule has 0 aliphatic carbocycles. The van der Waals surface area contributed by atoms with E-state index in [1.54, 1.807) is 11.0 Å². The first kappa shape index (κ1) is 18.0. The topological polar surface area (TPSA) is 49.8 Å². The molecule has 0 aliphatic heterocycles. The van der Waals surface area contributed by atoms with Crippen LogP contribution in [0.5, 0.6) is 0 Å². The highest BCUT2D eigenvalue weighted by molar-refractivity contribution is 5.68. The molecule has 1 amide bonds. The molecule has 0 aromatic carbocycles. The maximum atomic E-state index is 11.9. The van der Waals surface area contributed by atoms with Crippen molar-refractivity contribution in [3.05, 3.63) is 12.3 Å². The van der Waals surface area contributed by atoms with E-state index in [-0.39, 0.29) is 30.0 Å². The van der Waals surface area contributed by atoms with Gasteiger partial charge in [0.05, 0.1) is 12.4 Å². The van der Waals surface area contributed by atoms with Crippen LogP contribution in [0.25, 0.3) is 0 Å². The van der Waals surface area contributed by atoms with Gasteiger partial charge in [-0.25, -0.2) is 4.79 Å². The van der Waals surface area contributed by atoms with Gasteiger partial charge in [0.25, 0.3) is 0 Å². The normalized spacial score (nSPS) is 15.3. The van der Waals surface area contributed by atoms with Gasteiger partial charge in [0.15, 0.2) is 0 Å². The summed E-state index contributed by atoms with van der Waals surface area (Å²) in [4.78, 5) is 13.6. The number of carbonyl (C=O) groups excluding carboxylic acids is 1. The highest BCUT2D eigenvalue weighted by atomic mass is 16.5. The van der Waals surface area contributed by atoms with Crippen LogP contribution in [0.4, 0.5) is 4.79 Å². The first-order valence-electron chi connectivity index (χ1n) is 7.02. The van der Waals surface area contributed by atoms with E-state index in [9.17, 15) is 9.90 Å². The number of hydrogen-bond donors (Lipinski definition) is 1. The van der Waals surface area contributed by atoms with Crippen molar-refractivity contribution in [1.82, 2.24) is 4.90 Å². The van der Waals surface area contributed by atoms with Crippen LogP contribution >= 0.6 is 0 Å². The summed E-state index contributed by atoms with van der Waals surface area (Å²) in [5, 5.41) is 9.84. The third-order valence-electron chi connectivity index (χ3n) is 3.10. The lowest BCUT2D eigenvalue weighted by atomic mass is 9.95. The Labute approximate surface area is 117 Å². The Balaban J connectivity index is 4.43. The molecule has 0 aromatic rings. The molecule has 112 valence electrons. The van der Waals surface area contributed by atoms with Gasteiger partial charge < -0.3 is 14.7 Å². The van der Waals surface area contributed by atoms with E-state index in [0.29, 0.717) is 0 Å². The fraction of sp³-hybridized carbons (Fsp3) is 0.800. The van der Waals surface area contributed by atoms with Crippen molar-refractivity contribution in [1.29, 1.82) is 0 Å². The lowest BCUT2D eigenvalue weighted by Gasteiger charge is -2.29. The van der Waals surface area contributed by atoms with Gasteiger partial charge in [-0.05, 0) is 39.7 Å². The molecule has 0 fully saturated rings. The minimum Gasteiger partial charge on any atom is -0.418 e. The van der Waals surface area contributed by atoms with Crippen molar-refractivity contribution in [3.8, 4) is 0 Å². The first-order chi connectivity index (χ1) is 8.68. The quantitative estimate of drug-likeness (QED) is 0.753. The second-order valence-electron chi connectivity index (χ2n) is 5.90. The van der Waals surface area contributed by atoms with Crippen molar-refractivity contribution >= 4 is 6.09 Å². The lowest BCUT2D eigenvalue weighted by Crippen LogP contribution is -2.41. The molecule has 0 unspecified atom stereocenters. The number of aliphatic hydroxyl groups is 1. The maximum absolute atomic E-state index is 11.9. The van der Waals surface area contributed by atoms with E-state index >= 15 is 0 Å². The fourth-order valence-electron chi connectivity index (χ4n) is 2.02. The zero-order valence-electron chi connectivity index (χ0n) is 13.3. The number of ether oxygens (including phenoxy) is 1. The van der Waals surface area contributed by atoms with Gasteiger partial charge >= 0.3 is 6.09 Å². The number of aliphatic hydroxyl groups excluding tert-OH is 1. The molecule has 1 N–H and O–H groups in total. The Morgan fingerprint density at radius 1 is 1.05 bits per heavy atom. The second-order valence-corrected chi connectivity index (χ2v) is 5.90. The Morgan fingerprint density at radius 2 is 1.53 bits per heavy atom. The Hall–Kier alpha value is -1.03. The summed E-state index contributed by atoms with van der Waals surface area (Å²) in [5.41, 5.74) is 0. The summed E-state index contributed by atoms with van der Waals surface area (Å²) >= 11 is 0. The predicted molar refractivity (Wildman–Crippen MR) is 77.7 cm³/mol. The van der Waals surface area contributed by atoms with Gasteiger partial charge in [0, 0.05) is 18.0 Å². The molecule has 0 bridgehead atoms. The van der Waals surface area contributed by atoms with Crippen molar-refractivity contribution < 1.29 is 14.6 Å². The Morgan fingerprint density at radius 3 is 1.89 bits per heavy atom. The highest BCUT2D eigenvalue weighted by Crippen LogP contribution is 2.14. The lowest BCUT2D eigenvalue weighted by molar-refractivity contribution is 0.0877. The van der Waals surface area contributed by atoms with Gasteiger partial charge in [0.1, 0.15) is 0 Å². The van der Waals surface area contributed by atoms with Crippen LogP contribution in [0.2, 0.25) is 0 Å². The van der Waals surface area contributed by atoms with Crippen molar-refractivity contribution in [2.45, 2.75) is 66.7 Å². The Kier molecular flexibility index (Phi) is 7.76. The van der Waals surface area contributed by atoms with Crippen LogP contribution in [0, 0.1) is 11.8 Å². The van der Waals surface area contributed by atoms with E-state index in [0.717, 1.165) is 0 Å². The van der Waals surface area contributed by atoms with Crippen molar-refractivity contribution in [3.63, 3.8) is 0 Å². The third kappa shape index (κ3) is 6.10. The van der Waals surface area contributed by atoms with Crippen LogP contribution in [0.1, 0.15) is 48.5 Å². The molecule has 19 heavy (non-hydrogen) atoms. The molecule has 0 saturated carbocycles. The number of amides is 1. The number of carbonyl (C=O) groups is 1. The summed E-state index contributed by atoms with van der Waals surface area (Å²) in [6.07, 6.45) is 2.33. The number of nitrogens with zero attached hydrogens (tertiary/aromatic N) is 1. The molecule has 2 atom stereocenters. The highest BCUT2D eigenvalue weighted by Gasteiger charge is 2.21. The average molecular weight is 271 g/mol. The van der Waals surface area contributed by atoms with Gasteiger partial charge in [0.2, 0.25) is 0 Å². The summed E-state index contributed by atoms with van der Waals surface area (Å²) in [6, 6.07) is 0.194. The van der Waals surface area contributed by atoms with Gasteiger partial charge in [-0.1, -0.05) is 20.8 Å².